The monoisotopic (exact) mass is 314 g/mol. The molecule has 0 bridgehead atoms. The highest BCUT2D eigenvalue weighted by molar-refractivity contribution is 8.00. The molecule has 0 aliphatic carbocycles. The second kappa shape index (κ2) is 10.6. The van der Waals surface area contributed by atoms with Crippen molar-refractivity contribution in [3.63, 3.8) is 0 Å². The molecular weight excluding hydrogens is 288 g/mol. The number of tetrazole rings is 1. The first-order chi connectivity index (χ1) is 10.2. The number of thioether (sulfide) groups is 1. The number of amides is 1. The Morgan fingerprint density at radius 1 is 1.29 bits per heavy atom. The zero-order valence-electron chi connectivity index (χ0n) is 13.1. The Bertz CT molecular complexity index is 411. The van der Waals surface area contributed by atoms with Crippen LogP contribution in [0.4, 0.5) is 0 Å². The number of hydrogen-bond acceptors (Lipinski definition) is 6. The van der Waals surface area contributed by atoms with E-state index >= 15 is 0 Å². The summed E-state index contributed by atoms with van der Waals surface area (Å²) in [4.78, 5) is 11.9. The van der Waals surface area contributed by atoms with Crippen LogP contribution >= 0.6 is 11.8 Å². The van der Waals surface area contributed by atoms with Gasteiger partial charge in [-0.25, -0.2) is 4.68 Å². The van der Waals surface area contributed by atoms with Gasteiger partial charge in [-0.05, 0) is 36.7 Å². The lowest BCUT2D eigenvalue weighted by molar-refractivity contribution is -0.120. The van der Waals surface area contributed by atoms with Crippen molar-refractivity contribution in [2.24, 2.45) is 0 Å². The quantitative estimate of drug-likeness (QED) is 0.469. The van der Waals surface area contributed by atoms with Crippen LogP contribution in [-0.2, 0) is 11.3 Å². The molecule has 0 spiro atoms. The third kappa shape index (κ3) is 6.90. The van der Waals surface area contributed by atoms with Gasteiger partial charge in [0.2, 0.25) is 11.1 Å². The Balaban J connectivity index is 2.39. The third-order valence-electron chi connectivity index (χ3n) is 2.91. The standard InChI is InChI=1S/C13H26N6OS/c1-4-6-8-15-12(20)11(3)21-13-16-17-18-19(13)10-9-14-7-5-2/h11,14H,4-10H2,1-3H3,(H,15,20). The average molecular weight is 314 g/mol. The molecule has 8 heteroatoms. The fraction of sp³-hybridized carbons (Fsp3) is 0.846. The number of rotatable bonds is 11. The van der Waals surface area contributed by atoms with Crippen LogP contribution in [0.3, 0.4) is 0 Å². The average Bonchev–Trinajstić information content (AvgIpc) is 2.91. The van der Waals surface area contributed by atoms with Gasteiger partial charge in [-0.1, -0.05) is 32.0 Å². The predicted octanol–water partition coefficient (Wildman–Crippen LogP) is 1.07. The maximum absolute atomic E-state index is 11.9. The maximum atomic E-state index is 11.9. The Morgan fingerprint density at radius 2 is 2.10 bits per heavy atom. The summed E-state index contributed by atoms with van der Waals surface area (Å²) in [5.74, 6) is 0.0344. The minimum Gasteiger partial charge on any atom is -0.355 e. The van der Waals surface area contributed by atoms with Crippen molar-refractivity contribution in [1.82, 2.24) is 30.8 Å². The predicted molar refractivity (Wildman–Crippen MR) is 84.2 cm³/mol. The molecule has 120 valence electrons. The maximum Gasteiger partial charge on any atom is 0.233 e. The fourth-order valence-corrected chi connectivity index (χ4v) is 2.49. The van der Waals surface area contributed by atoms with Crippen molar-refractivity contribution in [1.29, 1.82) is 0 Å². The van der Waals surface area contributed by atoms with Crippen molar-refractivity contribution in [3.05, 3.63) is 0 Å². The lowest BCUT2D eigenvalue weighted by Gasteiger charge is -2.11. The Hall–Kier alpha value is -1.15. The number of hydrogen-bond donors (Lipinski definition) is 2. The molecule has 1 heterocycles. The van der Waals surface area contributed by atoms with Gasteiger partial charge in [0.1, 0.15) is 0 Å². The molecule has 2 N–H and O–H groups in total. The lowest BCUT2D eigenvalue weighted by Crippen LogP contribution is -2.32. The molecule has 1 unspecified atom stereocenters. The van der Waals surface area contributed by atoms with Crippen molar-refractivity contribution >= 4 is 17.7 Å². The molecule has 1 atom stereocenters. The van der Waals surface area contributed by atoms with E-state index in [-0.39, 0.29) is 11.2 Å². The second-order valence-corrected chi connectivity index (χ2v) is 6.15. The number of aromatic nitrogens is 4. The summed E-state index contributed by atoms with van der Waals surface area (Å²) in [6.07, 6.45) is 3.18. The Morgan fingerprint density at radius 3 is 2.81 bits per heavy atom. The molecule has 1 rings (SSSR count). The highest BCUT2D eigenvalue weighted by atomic mass is 32.2. The second-order valence-electron chi connectivity index (χ2n) is 4.84. The van der Waals surface area contributed by atoms with E-state index < -0.39 is 0 Å². The number of carbonyl (C=O) groups is 1. The number of nitrogens with zero attached hydrogens (tertiary/aromatic N) is 4. The van der Waals surface area contributed by atoms with E-state index in [1.807, 2.05) is 6.92 Å². The number of unbranched alkanes of at least 4 members (excludes halogenated alkanes) is 1. The van der Waals surface area contributed by atoms with E-state index in [0.29, 0.717) is 11.7 Å². The molecule has 0 saturated heterocycles. The molecule has 21 heavy (non-hydrogen) atoms. The first-order valence-corrected chi connectivity index (χ1v) is 8.48. The van der Waals surface area contributed by atoms with Gasteiger partial charge in [-0.15, -0.1) is 5.10 Å². The van der Waals surface area contributed by atoms with Gasteiger partial charge in [0.05, 0.1) is 11.8 Å². The number of carbonyl (C=O) groups excluding carboxylic acids is 1. The summed E-state index contributed by atoms with van der Waals surface area (Å²) in [7, 11) is 0. The van der Waals surface area contributed by atoms with E-state index in [4.69, 9.17) is 0 Å². The smallest absolute Gasteiger partial charge is 0.233 e. The van der Waals surface area contributed by atoms with Crippen molar-refractivity contribution in [3.8, 4) is 0 Å². The van der Waals surface area contributed by atoms with Crippen LogP contribution in [0, 0.1) is 0 Å². The van der Waals surface area contributed by atoms with Crippen LogP contribution in [0.2, 0.25) is 0 Å². The highest BCUT2D eigenvalue weighted by Gasteiger charge is 2.17. The summed E-state index contributed by atoms with van der Waals surface area (Å²) in [6.45, 7) is 9.35. The summed E-state index contributed by atoms with van der Waals surface area (Å²) < 4.78 is 1.74. The van der Waals surface area contributed by atoms with Crippen LogP contribution in [0.15, 0.2) is 5.16 Å². The van der Waals surface area contributed by atoms with E-state index in [1.165, 1.54) is 11.8 Å². The third-order valence-corrected chi connectivity index (χ3v) is 3.98. The van der Waals surface area contributed by atoms with Crippen LogP contribution in [0.5, 0.6) is 0 Å². The molecule has 0 aliphatic rings. The van der Waals surface area contributed by atoms with Gasteiger partial charge in [0.15, 0.2) is 0 Å². The normalized spacial score (nSPS) is 12.3. The van der Waals surface area contributed by atoms with E-state index in [9.17, 15) is 4.79 Å². The van der Waals surface area contributed by atoms with Gasteiger partial charge in [0.25, 0.3) is 0 Å². The summed E-state index contributed by atoms with van der Waals surface area (Å²) in [6, 6.07) is 0. The van der Waals surface area contributed by atoms with Crippen LogP contribution in [-0.4, -0.2) is 51.0 Å². The van der Waals surface area contributed by atoms with Crippen LogP contribution in [0.25, 0.3) is 0 Å². The van der Waals surface area contributed by atoms with Gasteiger partial charge in [0, 0.05) is 13.1 Å². The zero-order chi connectivity index (χ0) is 15.5. The first kappa shape index (κ1) is 17.9. The van der Waals surface area contributed by atoms with Crippen LogP contribution in [0.1, 0.15) is 40.0 Å². The molecule has 1 aromatic rings. The van der Waals surface area contributed by atoms with Gasteiger partial charge in [-0.3, -0.25) is 4.79 Å². The summed E-state index contributed by atoms with van der Waals surface area (Å²) in [5.41, 5.74) is 0. The Kier molecular flexibility index (Phi) is 9.00. The summed E-state index contributed by atoms with van der Waals surface area (Å²) >= 11 is 1.39. The molecule has 7 nitrogen and oxygen atoms in total. The summed E-state index contributed by atoms with van der Waals surface area (Å²) in [5, 5.41) is 18.4. The fourth-order valence-electron chi connectivity index (χ4n) is 1.65. The number of nitrogens with one attached hydrogen (secondary N) is 2. The molecule has 0 aliphatic heterocycles. The van der Waals surface area contributed by atoms with E-state index in [1.54, 1.807) is 4.68 Å². The molecule has 0 aromatic carbocycles. The van der Waals surface area contributed by atoms with Gasteiger partial charge in [-0.2, -0.15) is 0 Å². The molecule has 0 saturated carbocycles. The highest BCUT2D eigenvalue weighted by Crippen LogP contribution is 2.19. The lowest BCUT2D eigenvalue weighted by atomic mass is 10.3. The Labute approximate surface area is 130 Å². The minimum absolute atomic E-state index is 0.0344. The van der Waals surface area contributed by atoms with Crippen LogP contribution < -0.4 is 10.6 Å². The van der Waals surface area contributed by atoms with E-state index in [2.05, 4.69) is 40.0 Å². The van der Waals surface area contributed by atoms with Crippen molar-refractivity contribution in [2.45, 2.75) is 57.0 Å². The van der Waals surface area contributed by atoms with E-state index in [0.717, 1.165) is 38.9 Å². The van der Waals surface area contributed by atoms with Gasteiger partial charge < -0.3 is 10.6 Å². The minimum atomic E-state index is -0.199. The van der Waals surface area contributed by atoms with Gasteiger partial charge >= 0.3 is 0 Å². The molecule has 1 amide bonds. The SMILES string of the molecule is CCCCNC(=O)C(C)Sc1nnnn1CCNCCC. The molecule has 0 fully saturated rings. The molecule has 1 aromatic heterocycles. The zero-order valence-corrected chi connectivity index (χ0v) is 13.9. The topological polar surface area (TPSA) is 84.7 Å². The molecular formula is C13H26N6OS. The first-order valence-electron chi connectivity index (χ1n) is 7.60. The molecule has 0 radical (unpaired) electrons. The largest absolute Gasteiger partial charge is 0.355 e. The van der Waals surface area contributed by atoms with Crippen molar-refractivity contribution < 1.29 is 4.79 Å². The van der Waals surface area contributed by atoms with Crippen molar-refractivity contribution in [2.75, 3.05) is 19.6 Å².